The molecular formula is C21H27FN2O3S. The van der Waals surface area contributed by atoms with Gasteiger partial charge in [-0.05, 0) is 55.2 Å². The number of nitrogens with zero attached hydrogens (tertiary/aromatic N) is 1. The molecule has 0 saturated heterocycles. The van der Waals surface area contributed by atoms with Crippen LogP contribution in [0.3, 0.4) is 0 Å². The second-order valence-electron chi connectivity index (χ2n) is 6.77. The van der Waals surface area contributed by atoms with E-state index < -0.39 is 15.8 Å². The van der Waals surface area contributed by atoms with Crippen LogP contribution in [0, 0.1) is 5.82 Å². The maximum Gasteiger partial charge on any atom is 0.242 e. The van der Waals surface area contributed by atoms with Crippen molar-refractivity contribution in [2.24, 2.45) is 0 Å². The van der Waals surface area contributed by atoms with E-state index in [9.17, 15) is 17.6 Å². The lowest BCUT2D eigenvalue weighted by Crippen LogP contribution is -2.30. The largest absolute Gasteiger partial charge is 0.350 e. The zero-order valence-electron chi connectivity index (χ0n) is 16.5. The molecule has 0 radical (unpaired) electrons. The molecule has 1 atom stereocenters. The van der Waals surface area contributed by atoms with Crippen LogP contribution in [0.2, 0.25) is 0 Å². The molecule has 1 unspecified atom stereocenters. The average Bonchev–Trinajstić information content (AvgIpc) is 2.68. The summed E-state index contributed by atoms with van der Waals surface area (Å²) in [6.07, 6.45) is 1.58. The number of nitrogens with one attached hydrogen (secondary N) is 1. The lowest BCUT2D eigenvalue weighted by Gasteiger charge is -2.18. The molecule has 0 aliphatic rings. The summed E-state index contributed by atoms with van der Waals surface area (Å²) in [6, 6.07) is 12.7. The summed E-state index contributed by atoms with van der Waals surface area (Å²) >= 11 is 0. The molecule has 0 aliphatic heterocycles. The van der Waals surface area contributed by atoms with Crippen molar-refractivity contribution >= 4 is 15.9 Å². The Bertz CT molecular complexity index is 881. The minimum absolute atomic E-state index is 0.0324. The van der Waals surface area contributed by atoms with Crippen molar-refractivity contribution in [1.29, 1.82) is 0 Å². The van der Waals surface area contributed by atoms with Crippen LogP contribution in [0.5, 0.6) is 0 Å². The number of amides is 1. The highest BCUT2D eigenvalue weighted by Crippen LogP contribution is 2.16. The first kappa shape index (κ1) is 22.0. The van der Waals surface area contributed by atoms with E-state index >= 15 is 0 Å². The summed E-state index contributed by atoms with van der Waals surface area (Å²) in [7, 11) is -2.24. The normalized spacial score (nSPS) is 12.8. The third kappa shape index (κ3) is 5.87. The summed E-state index contributed by atoms with van der Waals surface area (Å²) in [5.74, 6) is -0.614. The predicted octanol–water partition coefficient (Wildman–Crippen LogP) is 3.67. The van der Waals surface area contributed by atoms with Crippen LogP contribution in [-0.4, -0.2) is 32.2 Å². The van der Waals surface area contributed by atoms with Gasteiger partial charge < -0.3 is 5.32 Å². The predicted molar refractivity (Wildman–Crippen MR) is 108 cm³/mol. The van der Waals surface area contributed by atoms with Crippen molar-refractivity contribution in [2.75, 3.05) is 13.6 Å². The van der Waals surface area contributed by atoms with Gasteiger partial charge in [0.25, 0.3) is 0 Å². The number of halogens is 1. The van der Waals surface area contributed by atoms with E-state index in [0.717, 1.165) is 24.1 Å². The van der Waals surface area contributed by atoms with Crippen molar-refractivity contribution < 1.29 is 17.6 Å². The Balaban J connectivity index is 1.82. The van der Waals surface area contributed by atoms with Crippen molar-refractivity contribution in [1.82, 2.24) is 9.62 Å². The molecule has 0 aliphatic carbocycles. The van der Waals surface area contributed by atoms with E-state index in [1.807, 2.05) is 31.2 Å². The highest BCUT2D eigenvalue weighted by Gasteiger charge is 2.20. The van der Waals surface area contributed by atoms with Crippen LogP contribution in [0.4, 0.5) is 4.39 Å². The number of hydrogen-bond acceptors (Lipinski definition) is 3. The minimum Gasteiger partial charge on any atom is -0.350 e. The van der Waals surface area contributed by atoms with E-state index in [4.69, 9.17) is 0 Å². The van der Waals surface area contributed by atoms with Crippen LogP contribution < -0.4 is 5.32 Å². The molecule has 0 aromatic heterocycles. The van der Waals surface area contributed by atoms with Gasteiger partial charge in [-0.1, -0.05) is 31.2 Å². The molecule has 0 heterocycles. The number of benzene rings is 2. The van der Waals surface area contributed by atoms with E-state index in [0.29, 0.717) is 6.42 Å². The molecular weight excluding hydrogens is 379 g/mol. The van der Waals surface area contributed by atoms with Gasteiger partial charge in [0.2, 0.25) is 15.9 Å². The fourth-order valence-corrected chi connectivity index (χ4v) is 4.02. The van der Waals surface area contributed by atoms with Gasteiger partial charge in [-0.25, -0.2) is 17.1 Å². The van der Waals surface area contributed by atoms with E-state index in [2.05, 4.69) is 12.2 Å². The molecule has 0 saturated carbocycles. The SMILES string of the molecule is CCc1ccc(C(C)NC(=O)CCCN(C)S(=O)(=O)c2ccc(F)cc2)cc1. The molecule has 2 aromatic rings. The second-order valence-corrected chi connectivity index (χ2v) is 8.81. The molecule has 2 rings (SSSR count). The molecule has 2 aromatic carbocycles. The molecule has 0 bridgehead atoms. The second kappa shape index (κ2) is 9.80. The van der Waals surface area contributed by atoms with Crippen LogP contribution >= 0.6 is 0 Å². The number of carbonyl (C=O) groups is 1. The van der Waals surface area contributed by atoms with Gasteiger partial charge >= 0.3 is 0 Å². The quantitative estimate of drug-likeness (QED) is 0.691. The summed E-state index contributed by atoms with van der Waals surface area (Å²) in [6.45, 7) is 4.21. The van der Waals surface area contributed by atoms with Crippen molar-refractivity contribution in [2.45, 2.75) is 44.0 Å². The zero-order chi connectivity index (χ0) is 20.7. The Morgan fingerprint density at radius 3 is 2.29 bits per heavy atom. The van der Waals surface area contributed by atoms with Crippen molar-refractivity contribution in [3.8, 4) is 0 Å². The molecule has 152 valence electrons. The lowest BCUT2D eigenvalue weighted by atomic mass is 10.0. The molecule has 5 nitrogen and oxygen atoms in total. The molecule has 0 fully saturated rings. The summed E-state index contributed by atoms with van der Waals surface area (Å²) in [5, 5.41) is 2.94. The highest BCUT2D eigenvalue weighted by atomic mass is 32.2. The average molecular weight is 407 g/mol. The summed E-state index contributed by atoms with van der Waals surface area (Å²) in [4.78, 5) is 12.2. The molecule has 28 heavy (non-hydrogen) atoms. The van der Waals surface area contributed by atoms with Crippen LogP contribution in [0.25, 0.3) is 0 Å². The van der Waals surface area contributed by atoms with Gasteiger partial charge in [-0.3, -0.25) is 4.79 Å². The number of sulfonamides is 1. The topological polar surface area (TPSA) is 66.5 Å². The Morgan fingerprint density at radius 1 is 1.11 bits per heavy atom. The van der Waals surface area contributed by atoms with Crippen LogP contribution in [0.15, 0.2) is 53.4 Å². The Hall–Kier alpha value is -2.25. The number of aryl methyl sites for hydroxylation is 1. The standard InChI is InChI=1S/C21H27FN2O3S/c1-4-17-7-9-18(10-8-17)16(2)23-21(25)6-5-15-24(3)28(26,27)20-13-11-19(22)12-14-20/h7-14,16H,4-6,15H2,1-3H3,(H,23,25). The van der Waals surface area contributed by atoms with Gasteiger partial charge in [-0.15, -0.1) is 0 Å². The maximum absolute atomic E-state index is 13.0. The maximum atomic E-state index is 13.0. The van der Waals surface area contributed by atoms with Gasteiger partial charge in [-0.2, -0.15) is 0 Å². The van der Waals surface area contributed by atoms with Crippen molar-refractivity contribution in [3.05, 3.63) is 65.5 Å². The first-order valence-electron chi connectivity index (χ1n) is 9.34. The number of carbonyl (C=O) groups excluding carboxylic acids is 1. The number of hydrogen-bond donors (Lipinski definition) is 1. The lowest BCUT2D eigenvalue weighted by molar-refractivity contribution is -0.121. The number of rotatable bonds is 9. The Morgan fingerprint density at radius 2 is 1.71 bits per heavy atom. The highest BCUT2D eigenvalue weighted by molar-refractivity contribution is 7.89. The van der Waals surface area contributed by atoms with Gasteiger partial charge in [0.15, 0.2) is 0 Å². The van der Waals surface area contributed by atoms with Gasteiger partial charge in [0.05, 0.1) is 10.9 Å². The smallest absolute Gasteiger partial charge is 0.242 e. The summed E-state index contributed by atoms with van der Waals surface area (Å²) < 4.78 is 39.0. The summed E-state index contributed by atoms with van der Waals surface area (Å²) in [5.41, 5.74) is 2.27. The van der Waals surface area contributed by atoms with Crippen LogP contribution in [-0.2, 0) is 21.2 Å². The molecule has 0 spiro atoms. The molecule has 1 N–H and O–H groups in total. The Kier molecular flexibility index (Phi) is 7.71. The van der Waals surface area contributed by atoms with Crippen LogP contribution in [0.1, 0.15) is 43.9 Å². The zero-order valence-corrected chi connectivity index (χ0v) is 17.3. The van der Waals surface area contributed by atoms with Crippen molar-refractivity contribution in [3.63, 3.8) is 0 Å². The van der Waals surface area contributed by atoms with Gasteiger partial charge in [0, 0.05) is 20.0 Å². The first-order chi connectivity index (χ1) is 13.2. The van der Waals surface area contributed by atoms with Gasteiger partial charge in [0.1, 0.15) is 5.82 Å². The Labute approximate surface area is 166 Å². The third-order valence-electron chi connectivity index (χ3n) is 4.66. The first-order valence-corrected chi connectivity index (χ1v) is 10.8. The third-order valence-corrected chi connectivity index (χ3v) is 6.54. The fourth-order valence-electron chi connectivity index (χ4n) is 2.81. The van der Waals surface area contributed by atoms with E-state index in [-0.39, 0.29) is 29.8 Å². The molecule has 1 amide bonds. The monoisotopic (exact) mass is 406 g/mol. The van der Waals surface area contributed by atoms with E-state index in [1.165, 1.54) is 29.0 Å². The minimum atomic E-state index is -3.69. The van der Waals surface area contributed by atoms with E-state index in [1.54, 1.807) is 0 Å². The fraction of sp³-hybridized carbons (Fsp3) is 0.381. The molecule has 7 heteroatoms.